The Balaban J connectivity index is 1.65. The molecule has 0 spiro atoms. The normalized spacial score (nSPS) is 21.8. The maximum atomic E-state index is 13.9. The zero-order chi connectivity index (χ0) is 14.7. The maximum absolute atomic E-state index is 13.9. The van der Waals surface area contributed by atoms with Gasteiger partial charge in [-0.05, 0) is 48.9 Å². The summed E-state index contributed by atoms with van der Waals surface area (Å²) in [5.74, 6) is -0.160. The summed E-state index contributed by atoms with van der Waals surface area (Å²) in [6, 6.07) is 9.24. The van der Waals surface area contributed by atoms with Crippen molar-refractivity contribution in [2.45, 2.75) is 31.9 Å². The maximum Gasteiger partial charge on any atom is 0.131 e. The second kappa shape index (κ2) is 6.26. The number of nitrogens with one attached hydrogen (secondary N) is 1. The van der Waals surface area contributed by atoms with Crippen molar-refractivity contribution >= 4 is 11.3 Å². The lowest BCUT2D eigenvalue weighted by atomic mass is 10.0. The fourth-order valence-corrected chi connectivity index (χ4v) is 3.49. The largest absolute Gasteiger partial charge is 0.374 e. The molecule has 0 amide bonds. The van der Waals surface area contributed by atoms with Crippen molar-refractivity contribution in [3.05, 3.63) is 47.1 Å². The third-order valence-corrected chi connectivity index (χ3v) is 4.85. The molecule has 2 aromatic rings. The van der Waals surface area contributed by atoms with Gasteiger partial charge in [-0.25, -0.2) is 4.39 Å². The molecular formula is C17H20FNOS. The van der Waals surface area contributed by atoms with Crippen molar-refractivity contribution in [2.24, 2.45) is 0 Å². The van der Waals surface area contributed by atoms with Gasteiger partial charge in [0.2, 0.25) is 0 Å². The molecule has 1 atom stereocenters. The molecule has 2 heterocycles. The first-order valence-corrected chi connectivity index (χ1v) is 8.21. The van der Waals surface area contributed by atoms with Crippen LogP contribution in [0.15, 0.2) is 35.7 Å². The van der Waals surface area contributed by atoms with E-state index in [2.05, 4.69) is 12.2 Å². The van der Waals surface area contributed by atoms with E-state index >= 15 is 0 Å². The van der Waals surface area contributed by atoms with E-state index in [1.165, 1.54) is 0 Å². The molecule has 1 aliphatic rings. The number of ether oxygens (including phenoxy) is 1. The van der Waals surface area contributed by atoms with Gasteiger partial charge < -0.3 is 10.1 Å². The molecule has 2 nitrogen and oxygen atoms in total. The first-order chi connectivity index (χ1) is 10.2. The summed E-state index contributed by atoms with van der Waals surface area (Å²) < 4.78 is 19.7. The highest BCUT2D eigenvalue weighted by Gasteiger charge is 2.28. The standard InChI is InChI=1S/C17H20FNOS/c1-17(7-3-8-20-17)12-19-11-13-5-6-15(18)14(10-13)16-4-2-9-21-16/h2,4-6,9-10,19H,3,7-8,11-12H2,1H3. The first-order valence-electron chi connectivity index (χ1n) is 7.33. The molecule has 1 aromatic carbocycles. The molecule has 0 radical (unpaired) electrons. The molecule has 3 rings (SSSR count). The molecule has 4 heteroatoms. The predicted molar refractivity (Wildman–Crippen MR) is 85.0 cm³/mol. The Labute approximate surface area is 129 Å². The van der Waals surface area contributed by atoms with Gasteiger partial charge in [0.15, 0.2) is 0 Å². The van der Waals surface area contributed by atoms with Gasteiger partial charge in [-0.15, -0.1) is 11.3 Å². The average molecular weight is 305 g/mol. The predicted octanol–water partition coefficient (Wildman–Crippen LogP) is 4.21. The van der Waals surface area contributed by atoms with Crippen molar-refractivity contribution in [1.82, 2.24) is 5.32 Å². The van der Waals surface area contributed by atoms with Crippen LogP contribution < -0.4 is 5.32 Å². The van der Waals surface area contributed by atoms with Crippen LogP contribution >= 0.6 is 11.3 Å². The molecule has 21 heavy (non-hydrogen) atoms. The molecule has 1 fully saturated rings. The van der Waals surface area contributed by atoms with Gasteiger partial charge in [0.05, 0.1) is 5.60 Å². The fourth-order valence-electron chi connectivity index (χ4n) is 2.75. The first kappa shape index (κ1) is 14.7. The molecule has 1 aliphatic heterocycles. The minimum Gasteiger partial charge on any atom is -0.374 e. The Kier molecular flexibility index (Phi) is 4.38. The number of thiophene rings is 1. The topological polar surface area (TPSA) is 21.3 Å². The molecule has 1 N–H and O–H groups in total. The summed E-state index contributed by atoms with van der Waals surface area (Å²) in [7, 11) is 0. The van der Waals surface area contributed by atoms with E-state index in [1.54, 1.807) is 17.4 Å². The van der Waals surface area contributed by atoms with Crippen LogP contribution in [0.25, 0.3) is 10.4 Å². The van der Waals surface area contributed by atoms with Crippen LogP contribution in [0.3, 0.4) is 0 Å². The summed E-state index contributed by atoms with van der Waals surface area (Å²) in [5, 5.41) is 5.40. The Morgan fingerprint density at radius 3 is 3.00 bits per heavy atom. The highest BCUT2D eigenvalue weighted by Crippen LogP contribution is 2.28. The van der Waals surface area contributed by atoms with Gasteiger partial charge >= 0.3 is 0 Å². The van der Waals surface area contributed by atoms with Crippen LogP contribution in [0.2, 0.25) is 0 Å². The Bertz CT molecular complexity index is 591. The van der Waals surface area contributed by atoms with Gasteiger partial charge in [0.25, 0.3) is 0 Å². The highest BCUT2D eigenvalue weighted by atomic mass is 32.1. The quantitative estimate of drug-likeness (QED) is 0.893. The lowest BCUT2D eigenvalue weighted by Crippen LogP contribution is -2.36. The zero-order valence-corrected chi connectivity index (χ0v) is 13.0. The van der Waals surface area contributed by atoms with Crippen LogP contribution in [0.4, 0.5) is 4.39 Å². The minimum atomic E-state index is -0.160. The second-order valence-corrected chi connectivity index (χ2v) is 6.74. The van der Waals surface area contributed by atoms with Crippen LogP contribution in [0.1, 0.15) is 25.3 Å². The fraction of sp³-hybridized carbons (Fsp3) is 0.412. The summed E-state index contributed by atoms with van der Waals surface area (Å²) >= 11 is 1.56. The highest BCUT2D eigenvalue weighted by molar-refractivity contribution is 7.13. The van der Waals surface area contributed by atoms with E-state index in [0.717, 1.165) is 43.0 Å². The van der Waals surface area contributed by atoms with Crippen molar-refractivity contribution < 1.29 is 9.13 Å². The van der Waals surface area contributed by atoms with Gasteiger partial charge in [0.1, 0.15) is 5.82 Å². The Hall–Kier alpha value is -1.23. The van der Waals surface area contributed by atoms with Gasteiger partial charge in [0, 0.05) is 30.1 Å². The van der Waals surface area contributed by atoms with E-state index in [-0.39, 0.29) is 11.4 Å². The van der Waals surface area contributed by atoms with Crippen molar-refractivity contribution in [1.29, 1.82) is 0 Å². The van der Waals surface area contributed by atoms with E-state index in [1.807, 2.05) is 29.6 Å². The van der Waals surface area contributed by atoms with Crippen LogP contribution in [-0.4, -0.2) is 18.8 Å². The Morgan fingerprint density at radius 2 is 2.29 bits per heavy atom. The molecule has 0 saturated carbocycles. The SMILES string of the molecule is CC1(CNCc2ccc(F)c(-c3cccs3)c2)CCCO1. The third-order valence-electron chi connectivity index (χ3n) is 3.95. The summed E-state index contributed by atoms with van der Waals surface area (Å²) in [6.45, 7) is 4.57. The van der Waals surface area contributed by atoms with Gasteiger partial charge in [-0.1, -0.05) is 12.1 Å². The third kappa shape index (κ3) is 3.51. The van der Waals surface area contributed by atoms with E-state index in [9.17, 15) is 4.39 Å². The lowest BCUT2D eigenvalue weighted by Gasteiger charge is -2.23. The summed E-state index contributed by atoms with van der Waals surface area (Å²) in [5.41, 5.74) is 1.74. The van der Waals surface area contributed by atoms with Crippen LogP contribution in [0, 0.1) is 5.82 Å². The van der Waals surface area contributed by atoms with E-state index < -0.39 is 0 Å². The number of hydrogen-bond acceptors (Lipinski definition) is 3. The van der Waals surface area contributed by atoms with Gasteiger partial charge in [-0.3, -0.25) is 0 Å². The zero-order valence-electron chi connectivity index (χ0n) is 12.2. The van der Waals surface area contributed by atoms with Crippen molar-refractivity contribution in [3.8, 4) is 10.4 Å². The van der Waals surface area contributed by atoms with Crippen molar-refractivity contribution in [2.75, 3.05) is 13.2 Å². The molecular weight excluding hydrogens is 285 g/mol. The number of rotatable bonds is 5. The van der Waals surface area contributed by atoms with E-state index in [0.29, 0.717) is 5.56 Å². The Morgan fingerprint density at radius 1 is 1.38 bits per heavy atom. The number of halogens is 1. The monoisotopic (exact) mass is 305 g/mol. The smallest absolute Gasteiger partial charge is 0.131 e. The second-order valence-electron chi connectivity index (χ2n) is 5.80. The molecule has 1 aromatic heterocycles. The molecule has 112 valence electrons. The summed E-state index contributed by atoms with van der Waals surface area (Å²) in [6.07, 6.45) is 2.24. The lowest BCUT2D eigenvalue weighted by molar-refractivity contribution is 0.0207. The minimum absolute atomic E-state index is 0.0450. The number of hydrogen-bond donors (Lipinski definition) is 1. The van der Waals surface area contributed by atoms with Crippen LogP contribution in [0.5, 0.6) is 0 Å². The number of benzene rings is 1. The summed E-state index contributed by atoms with van der Waals surface area (Å²) in [4.78, 5) is 0.973. The molecule has 1 saturated heterocycles. The molecule has 0 bridgehead atoms. The average Bonchev–Trinajstić information content (AvgIpc) is 3.12. The van der Waals surface area contributed by atoms with E-state index in [4.69, 9.17) is 4.74 Å². The van der Waals surface area contributed by atoms with Crippen molar-refractivity contribution in [3.63, 3.8) is 0 Å². The van der Waals surface area contributed by atoms with Gasteiger partial charge in [-0.2, -0.15) is 0 Å². The van der Waals surface area contributed by atoms with Crippen LogP contribution in [-0.2, 0) is 11.3 Å². The molecule has 1 unspecified atom stereocenters. The molecule has 0 aliphatic carbocycles.